The molecule has 0 amide bonds. The summed E-state index contributed by atoms with van der Waals surface area (Å²) in [5.41, 5.74) is 0. The van der Waals surface area contributed by atoms with Gasteiger partial charge in [0.15, 0.2) is 0 Å². The number of hydrogen-bond acceptors (Lipinski definition) is 9. The third-order valence-electron chi connectivity index (χ3n) is 0.441. The summed E-state index contributed by atoms with van der Waals surface area (Å²) in [7, 11) is 0. The van der Waals surface area contributed by atoms with E-state index in [-0.39, 0.29) is 17.1 Å². The van der Waals surface area contributed by atoms with Crippen LogP contribution in [0.3, 0.4) is 0 Å². The smallest absolute Gasteiger partial charge is 0.405 e. The van der Waals surface area contributed by atoms with E-state index in [4.69, 9.17) is 31.0 Å². The molecule has 0 bridgehead atoms. The molecular weight excluding hydrogens is 399 g/mol. The number of nitrogens with zero attached hydrogens (tertiary/aromatic N) is 3. The molecule has 0 spiro atoms. The third kappa shape index (κ3) is 40.8. The number of rotatable bonds is 0. The van der Waals surface area contributed by atoms with Crippen LogP contribution in [0, 0.1) is 29.6 Å². The molecule has 1 aromatic heterocycles. The minimum absolute atomic E-state index is 0. The van der Waals surface area contributed by atoms with Crippen LogP contribution in [0.25, 0.3) is 0 Å². The largest absolute Gasteiger partial charge is 2.00 e. The standard InChI is InChI=1S/C2H4N4.2BrO3.Cu/c3-6-2-1-4-5-6;2*2-1(3)4;/h1-2H,3H2;;;/q;2*-1;+2. The van der Waals surface area contributed by atoms with Gasteiger partial charge in [0.05, 0.1) is 12.4 Å². The minimum atomic E-state index is -3.65. The molecule has 0 aliphatic heterocycles. The zero-order chi connectivity index (χ0) is 11.6. The van der Waals surface area contributed by atoms with E-state index in [9.17, 15) is 0 Å². The van der Waals surface area contributed by atoms with Crippen molar-refractivity contribution in [3.63, 3.8) is 0 Å². The maximum absolute atomic E-state index is 8.52. The Bertz CT molecular complexity index is 188. The molecule has 0 aliphatic carbocycles. The second kappa shape index (κ2) is 14.2. The Kier molecular flexibility index (Phi) is 19.4. The molecule has 2 N–H and O–H groups in total. The predicted molar refractivity (Wildman–Crippen MR) is 20.2 cm³/mol. The zero-order valence-corrected chi connectivity index (χ0v) is 10.7. The molecule has 15 heavy (non-hydrogen) atoms. The van der Waals surface area contributed by atoms with Crippen molar-refractivity contribution in [3.8, 4) is 0 Å². The van der Waals surface area contributed by atoms with Crippen molar-refractivity contribution in [1.29, 1.82) is 0 Å². The fourth-order valence-corrected chi connectivity index (χ4v) is 0.217. The molecule has 0 saturated carbocycles. The first-order chi connectivity index (χ1) is 6.36. The van der Waals surface area contributed by atoms with Gasteiger partial charge in [-0.05, 0) is 5.21 Å². The monoisotopic (exact) mass is 401 g/mol. The first-order valence-corrected chi connectivity index (χ1v) is 6.32. The Morgan fingerprint density at radius 2 is 1.33 bits per heavy atom. The van der Waals surface area contributed by atoms with Crippen molar-refractivity contribution in [2.75, 3.05) is 5.84 Å². The molecule has 0 saturated heterocycles. The molecule has 0 aliphatic rings. The molecular formula is C2H4Br2CuN4O6. The maximum Gasteiger partial charge on any atom is 2.00 e. The molecule has 0 fully saturated rings. The summed E-state index contributed by atoms with van der Waals surface area (Å²) in [5, 5.41) is 6.77. The molecule has 1 rings (SSSR count). The van der Waals surface area contributed by atoms with Crippen molar-refractivity contribution < 1.29 is 71.9 Å². The Hall–Kier alpha value is 0.179. The summed E-state index contributed by atoms with van der Waals surface area (Å²) in [6.45, 7) is 0. The van der Waals surface area contributed by atoms with E-state index in [1.807, 2.05) is 0 Å². The molecule has 0 atom stereocenters. The second-order valence-electron chi connectivity index (χ2n) is 1.26. The van der Waals surface area contributed by atoms with E-state index in [2.05, 4.69) is 10.3 Å². The van der Waals surface area contributed by atoms with E-state index < -0.39 is 29.6 Å². The van der Waals surface area contributed by atoms with Gasteiger partial charge in [-0.1, -0.05) is 0 Å². The Morgan fingerprint density at radius 3 is 1.40 bits per heavy atom. The van der Waals surface area contributed by atoms with Gasteiger partial charge in [-0.2, -0.15) is 4.79 Å². The van der Waals surface area contributed by atoms with Crippen molar-refractivity contribution >= 4 is 0 Å². The maximum atomic E-state index is 8.52. The van der Waals surface area contributed by atoms with Gasteiger partial charge in [0.25, 0.3) is 0 Å². The summed E-state index contributed by atoms with van der Waals surface area (Å²) in [6.07, 6.45) is 3.07. The van der Waals surface area contributed by atoms with Gasteiger partial charge < -0.3 is 31.0 Å². The van der Waals surface area contributed by atoms with Crippen LogP contribution in [0.15, 0.2) is 12.4 Å². The van der Waals surface area contributed by atoms with Crippen molar-refractivity contribution in [2.45, 2.75) is 0 Å². The van der Waals surface area contributed by atoms with Gasteiger partial charge in [-0.25, -0.2) is 0 Å². The Balaban J connectivity index is -0.000000145. The SMILES string of the molecule is Nn1ccnn1.[Cu+2].[O-][Br+2]([O-])[O-].[O-][Br+2]([O-])[O-]. The average Bonchev–Trinajstić information content (AvgIpc) is 2.36. The van der Waals surface area contributed by atoms with E-state index in [1.54, 1.807) is 6.20 Å². The predicted octanol–water partition coefficient (Wildman–Crippen LogP) is -8.14. The van der Waals surface area contributed by atoms with Crippen LogP contribution in [0.5, 0.6) is 0 Å². The van der Waals surface area contributed by atoms with Crippen molar-refractivity contribution in [3.05, 3.63) is 12.4 Å². The van der Waals surface area contributed by atoms with Gasteiger partial charge in [-0.3, -0.25) is 0 Å². The number of halogens is 2. The molecule has 0 unspecified atom stereocenters. The number of aromatic nitrogens is 3. The topological polar surface area (TPSA) is 195 Å². The third-order valence-corrected chi connectivity index (χ3v) is 0.441. The van der Waals surface area contributed by atoms with Crippen molar-refractivity contribution in [2.24, 2.45) is 0 Å². The van der Waals surface area contributed by atoms with E-state index in [0.29, 0.717) is 0 Å². The van der Waals surface area contributed by atoms with Crippen LogP contribution in [-0.4, -0.2) is 15.1 Å². The van der Waals surface area contributed by atoms with Crippen LogP contribution in [0.1, 0.15) is 0 Å². The van der Waals surface area contributed by atoms with Crippen LogP contribution >= 0.6 is 0 Å². The van der Waals surface area contributed by atoms with Gasteiger partial charge in [0.1, 0.15) is 0 Å². The molecule has 1 heterocycles. The van der Waals surface area contributed by atoms with Gasteiger partial charge in [-0.15, -0.1) is 5.10 Å². The Morgan fingerprint density at radius 1 is 1.00 bits per heavy atom. The van der Waals surface area contributed by atoms with Gasteiger partial charge in [0, 0.05) is 0 Å². The summed E-state index contributed by atoms with van der Waals surface area (Å²) in [5.74, 6) is 5.02. The van der Waals surface area contributed by atoms with Crippen LogP contribution < -0.4 is 31.0 Å². The fraction of sp³-hybridized carbons (Fsp3) is 0. The number of nitrogens with two attached hydrogens (primary N) is 1. The number of nitrogen functional groups attached to an aromatic ring is 1. The summed E-state index contributed by atoms with van der Waals surface area (Å²) >= 11 is -7.29. The fourth-order valence-electron chi connectivity index (χ4n) is 0.217. The summed E-state index contributed by atoms with van der Waals surface area (Å²) in [6, 6.07) is 0. The average molecular weight is 403 g/mol. The quantitative estimate of drug-likeness (QED) is 0.323. The zero-order valence-electron chi connectivity index (χ0n) is 6.58. The first-order valence-electron chi connectivity index (χ1n) is 2.43. The molecule has 1 aromatic rings. The van der Waals surface area contributed by atoms with Crippen LogP contribution in [0.2, 0.25) is 0 Å². The normalized spacial score (nSPS) is 8.27. The minimum Gasteiger partial charge on any atom is -0.405 e. The van der Waals surface area contributed by atoms with E-state index in [0.717, 1.165) is 4.79 Å². The molecule has 93 valence electrons. The molecule has 0 aromatic carbocycles. The van der Waals surface area contributed by atoms with Crippen LogP contribution in [0.4, 0.5) is 0 Å². The van der Waals surface area contributed by atoms with Crippen LogP contribution in [-0.2, 0) is 17.1 Å². The van der Waals surface area contributed by atoms with Gasteiger partial charge in [0.2, 0.25) is 29.6 Å². The molecule has 13 heteroatoms. The van der Waals surface area contributed by atoms with Crippen molar-refractivity contribution in [1.82, 2.24) is 15.1 Å². The summed E-state index contributed by atoms with van der Waals surface area (Å²) in [4.78, 5) is 1.14. The Labute approximate surface area is 105 Å². The number of hydrogen-bond donors (Lipinski definition) is 1. The molecule has 10 nitrogen and oxygen atoms in total. The van der Waals surface area contributed by atoms with Gasteiger partial charge >= 0.3 is 17.1 Å². The first kappa shape index (κ1) is 20.6. The van der Waals surface area contributed by atoms with E-state index >= 15 is 0 Å². The molecule has 1 radical (unpaired) electrons. The summed E-state index contributed by atoms with van der Waals surface area (Å²) < 4.78 is 51.1. The van der Waals surface area contributed by atoms with E-state index in [1.165, 1.54) is 6.20 Å². The second-order valence-corrected chi connectivity index (χ2v) is 2.85.